The summed E-state index contributed by atoms with van der Waals surface area (Å²) in [6.07, 6.45) is 7.94. The Morgan fingerprint density at radius 3 is 1.70 bits per heavy atom. The van der Waals surface area contributed by atoms with Crippen LogP contribution in [-0.2, 0) is 6.54 Å². The number of thioether (sulfide) groups is 1. The molecule has 0 spiro atoms. The molecule has 0 bridgehead atoms. The van der Waals surface area contributed by atoms with Crippen molar-refractivity contribution in [3.05, 3.63) is 244 Å². The molecule has 6 nitrogen and oxygen atoms in total. The first kappa shape index (κ1) is 49.4. The quantitative estimate of drug-likeness (QED) is 0.0499. The van der Waals surface area contributed by atoms with Gasteiger partial charge in [-0.3, -0.25) is 4.99 Å². The van der Waals surface area contributed by atoms with E-state index in [0.29, 0.717) is 35.7 Å². The predicted octanol–water partition coefficient (Wildman–Crippen LogP) is 19.5. The number of thiophene rings is 3. The van der Waals surface area contributed by atoms with E-state index in [9.17, 15) is 0 Å². The number of hydrogen-bond acceptors (Lipinski definition) is 8. The third-order valence-corrected chi connectivity index (χ3v) is 17.3. The van der Waals surface area contributed by atoms with Crippen LogP contribution in [0.15, 0.2) is 248 Å². The molecule has 77 heavy (non-hydrogen) atoms. The van der Waals surface area contributed by atoms with E-state index in [1.54, 1.807) is 34.0 Å². The van der Waals surface area contributed by atoms with Gasteiger partial charge in [-0.15, -0.1) is 34.0 Å². The van der Waals surface area contributed by atoms with Crippen LogP contribution >= 0.6 is 45.8 Å². The van der Waals surface area contributed by atoms with E-state index < -0.39 is 0 Å². The summed E-state index contributed by atoms with van der Waals surface area (Å²) in [5, 5.41) is 16.2. The first-order chi connectivity index (χ1) is 38.0. The van der Waals surface area contributed by atoms with Crippen molar-refractivity contribution in [3.8, 4) is 56.4 Å². The van der Waals surface area contributed by atoms with Gasteiger partial charge in [0.15, 0.2) is 29.1 Å². The van der Waals surface area contributed by atoms with Crippen molar-refractivity contribution >= 4 is 116 Å². The average molecular weight is 1070 g/mol. The number of amidine groups is 2. The molecule has 0 amide bonds. The third-order valence-electron chi connectivity index (χ3n) is 13.5. The van der Waals surface area contributed by atoms with Gasteiger partial charge in [0.1, 0.15) is 0 Å². The summed E-state index contributed by atoms with van der Waals surface area (Å²) < 4.78 is 3.49. The molecule has 0 unspecified atom stereocenters. The number of nitrogens with zero attached hydrogens (tertiary/aromatic N) is 6. The molecule has 0 aliphatic carbocycles. The number of aromatic nitrogens is 3. The molecule has 0 saturated carbocycles. The van der Waals surface area contributed by atoms with Crippen LogP contribution in [-0.4, -0.2) is 33.3 Å². The van der Waals surface area contributed by atoms with Crippen LogP contribution < -0.4 is 0 Å². The standard InChI is InChI=1S/C67H48N6S4/c1-5-7-25-51(42(3)74-35-6-2)65(68-4)70-63(69-41-50-24-14-21-45-32-36-75-60(45)50)48-28-30-52-56(39-48)58(43-17-10-8-11-18-43)53-31-29-49(40-57(53)59(52)44-19-12-9-13-20-44)64-71-66(54-26-15-22-46-33-37-76-61(46)54)73-67(72-64)55-27-16-23-47-34-38-77-62(47)55/h5-40H,3-4,41H2,1-2H3/b7-5-,35-6-,51-25+,69-63-,70-65-. The molecule has 0 atom stereocenters. The summed E-state index contributed by atoms with van der Waals surface area (Å²) >= 11 is 6.65. The average Bonchev–Trinajstić information content (AvgIpc) is 4.32. The third kappa shape index (κ3) is 9.73. The summed E-state index contributed by atoms with van der Waals surface area (Å²) in [5.41, 5.74) is 9.93. The summed E-state index contributed by atoms with van der Waals surface area (Å²) in [6, 6.07) is 60.2. The maximum absolute atomic E-state index is 5.38. The van der Waals surface area contributed by atoms with Gasteiger partial charge in [-0.25, -0.2) is 24.9 Å². The van der Waals surface area contributed by atoms with Crippen molar-refractivity contribution in [1.82, 2.24) is 15.0 Å². The molecule has 10 heteroatoms. The van der Waals surface area contributed by atoms with E-state index in [4.69, 9.17) is 24.9 Å². The Morgan fingerprint density at radius 1 is 0.545 bits per heavy atom. The van der Waals surface area contributed by atoms with Crippen molar-refractivity contribution < 1.29 is 0 Å². The van der Waals surface area contributed by atoms with Gasteiger partial charge in [-0.05, 0) is 150 Å². The largest absolute Gasteiger partial charge is 0.261 e. The van der Waals surface area contributed by atoms with E-state index in [-0.39, 0.29) is 0 Å². The number of hydrogen-bond donors (Lipinski definition) is 0. The number of aliphatic imine (C=N–C) groups is 3. The van der Waals surface area contributed by atoms with Gasteiger partial charge >= 0.3 is 0 Å². The van der Waals surface area contributed by atoms with E-state index >= 15 is 0 Å². The van der Waals surface area contributed by atoms with E-state index in [1.807, 2.05) is 43.6 Å². The van der Waals surface area contributed by atoms with Crippen LogP contribution in [0.4, 0.5) is 0 Å². The highest BCUT2D eigenvalue weighted by molar-refractivity contribution is 8.06. The maximum atomic E-state index is 5.38. The highest BCUT2D eigenvalue weighted by atomic mass is 32.2. The van der Waals surface area contributed by atoms with Crippen LogP contribution in [0.3, 0.4) is 0 Å². The normalized spacial score (nSPS) is 12.6. The van der Waals surface area contributed by atoms with Crippen molar-refractivity contribution in [2.24, 2.45) is 15.0 Å². The summed E-state index contributed by atoms with van der Waals surface area (Å²) in [5.74, 6) is 2.84. The SMILES string of the molecule is C=NC(=N\C(=N/Cc1cccc2ccsc12)c1ccc2c(-c3ccccc3)c3cc(-c4nc(-c5cccc6ccsc56)nc(-c5cccc6ccsc56)n4)ccc3c(-c3ccccc3)c2c1)/C(=C/C=C\C)C(=C)S/C=C\C. The van der Waals surface area contributed by atoms with Gasteiger partial charge in [0, 0.05) is 46.8 Å². The van der Waals surface area contributed by atoms with Gasteiger partial charge in [-0.1, -0.05) is 170 Å². The second-order valence-corrected chi connectivity index (χ2v) is 22.0. The molecule has 0 aliphatic rings. The molecule has 4 aromatic heterocycles. The van der Waals surface area contributed by atoms with Crippen LogP contribution in [0.25, 0.3) is 108 Å². The first-order valence-electron chi connectivity index (χ1n) is 25.2. The van der Waals surface area contributed by atoms with E-state index in [2.05, 4.69) is 204 Å². The highest BCUT2D eigenvalue weighted by Gasteiger charge is 2.22. The lowest BCUT2D eigenvalue weighted by molar-refractivity contribution is 1.08. The Kier molecular flexibility index (Phi) is 14.1. The molecule has 12 rings (SSSR count). The Bertz CT molecular complexity index is 4310. The topological polar surface area (TPSA) is 75.8 Å². The second-order valence-electron chi connectivity index (χ2n) is 18.2. The van der Waals surface area contributed by atoms with Gasteiger partial charge in [0.25, 0.3) is 0 Å². The number of fused-ring (bicyclic) bond motifs is 5. The Labute approximate surface area is 463 Å². The Hall–Kier alpha value is -8.51. The molecule has 0 radical (unpaired) electrons. The molecule has 370 valence electrons. The second kappa shape index (κ2) is 22.0. The van der Waals surface area contributed by atoms with Crippen molar-refractivity contribution in [2.45, 2.75) is 20.4 Å². The highest BCUT2D eigenvalue weighted by Crippen LogP contribution is 2.46. The van der Waals surface area contributed by atoms with Crippen LogP contribution in [0.1, 0.15) is 25.0 Å². The van der Waals surface area contributed by atoms with Crippen LogP contribution in [0.5, 0.6) is 0 Å². The molecule has 0 fully saturated rings. The lowest BCUT2D eigenvalue weighted by Gasteiger charge is -2.19. The fraction of sp³-hybridized carbons (Fsp3) is 0.0448. The number of allylic oxidation sites excluding steroid dienone is 4. The monoisotopic (exact) mass is 1060 g/mol. The predicted molar refractivity (Wildman–Crippen MR) is 336 cm³/mol. The van der Waals surface area contributed by atoms with Gasteiger partial charge < -0.3 is 0 Å². The molecular formula is C67H48N6S4. The van der Waals surface area contributed by atoms with Crippen molar-refractivity contribution in [2.75, 3.05) is 0 Å². The molecule has 12 aromatic rings. The summed E-state index contributed by atoms with van der Waals surface area (Å²) in [7, 11) is 0. The number of benzene rings is 8. The number of rotatable bonds is 13. The first-order valence-corrected chi connectivity index (χ1v) is 28.7. The fourth-order valence-corrected chi connectivity index (χ4v) is 13.2. The van der Waals surface area contributed by atoms with Gasteiger partial charge in [-0.2, -0.15) is 0 Å². The molecular weight excluding hydrogens is 1020 g/mol. The fourth-order valence-electron chi connectivity index (χ4n) is 9.93. The Morgan fingerprint density at radius 2 is 1.10 bits per heavy atom. The minimum Gasteiger partial charge on any atom is -0.261 e. The zero-order valence-electron chi connectivity index (χ0n) is 42.2. The zero-order valence-corrected chi connectivity index (χ0v) is 45.5. The van der Waals surface area contributed by atoms with Crippen molar-refractivity contribution in [3.63, 3.8) is 0 Å². The van der Waals surface area contributed by atoms with Gasteiger partial charge in [0.05, 0.1) is 6.54 Å². The van der Waals surface area contributed by atoms with Crippen LogP contribution in [0, 0.1) is 0 Å². The zero-order chi connectivity index (χ0) is 52.2. The molecule has 0 aliphatic heterocycles. The molecule has 8 aromatic carbocycles. The van der Waals surface area contributed by atoms with Crippen LogP contribution in [0.2, 0.25) is 0 Å². The lowest BCUT2D eigenvalue weighted by atomic mass is 9.84. The van der Waals surface area contributed by atoms with E-state index in [0.717, 1.165) is 102 Å². The van der Waals surface area contributed by atoms with E-state index in [1.165, 1.54) is 21.8 Å². The Balaban J connectivity index is 1.11. The van der Waals surface area contributed by atoms with Gasteiger partial charge in [0.2, 0.25) is 0 Å². The maximum Gasteiger partial charge on any atom is 0.165 e. The minimum atomic E-state index is 0.411. The minimum absolute atomic E-state index is 0.411. The molecule has 4 heterocycles. The molecule has 0 N–H and O–H groups in total. The smallest absolute Gasteiger partial charge is 0.165 e. The molecule has 0 saturated heterocycles. The summed E-state index contributed by atoms with van der Waals surface area (Å²) in [4.78, 5) is 32.0. The lowest BCUT2D eigenvalue weighted by Crippen LogP contribution is -2.08. The summed E-state index contributed by atoms with van der Waals surface area (Å²) in [6.45, 7) is 12.9. The van der Waals surface area contributed by atoms with Crippen molar-refractivity contribution in [1.29, 1.82) is 0 Å².